The van der Waals surface area contributed by atoms with Gasteiger partial charge in [-0.2, -0.15) is 0 Å². The standard InChI is InChI=1S/C10H12N4/c1-7-8(2)14(6-13-7)10-5-9(11)3-4-12-10/h3-6H,1-2H3,(H2,11,12). The van der Waals surface area contributed by atoms with Gasteiger partial charge in [0.15, 0.2) is 0 Å². The van der Waals surface area contributed by atoms with Gasteiger partial charge in [-0.15, -0.1) is 0 Å². The molecule has 0 spiro atoms. The van der Waals surface area contributed by atoms with Crippen LogP contribution in [0.1, 0.15) is 11.4 Å². The summed E-state index contributed by atoms with van der Waals surface area (Å²) in [5.74, 6) is 0.808. The summed E-state index contributed by atoms with van der Waals surface area (Å²) in [6, 6.07) is 3.59. The summed E-state index contributed by atoms with van der Waals surface area (Å²) in [4.78, 5) is 8.43. The van der Waals surface area contributed by atoms with Crippen molar-refractivity contribution in [2.75, 3.05) is 5.73 Å². The molecule has 2 N–H and O–H groups in total. The molecule has 0 amide bonds. The third-order valence-corrected chi connectivity index (χ3v) is 2.27. The van der Waals surface area contributed by atoms with Crippen LogP contribution in [0.3, 0.4) is 0 Å². The minimum atomic E-state index is 0.709. The maximum atomic E-state index is 5.68. The Balaban J connectivity index is 2.55. The van der Waals surface area contributed by atoms with Crippen LogP contribution >= 0.6 is 0 Å². The highest BCUT2D eigenvalue weighted by Gasteiger charge is 2.04. The number of nitrogens with two attached hydrogens (primary N) is 1. The zero-order valence-electron chi connectivity index (χ0n) is 8.23. The van der Waals surface area contributed by atoms with E-state index in [0.29, 0.717) is 5.69 Å². The van der Waals surface area contributed by atoms with E-state index >= 15 is 0 Å². The molecule has 0 aliphatic rings. The monoisotopic (exact) mass is 188 g/mol. The molecule has 2 heterocycles. The molecule has 2 aromatic heterocycles. The minimum absolute atomic E-state index is 0.709. The van der Waals surface area contributed by atoms with E-state index in [4.69, 9.17) is 5.73 Å². The topological polar surface area (TPSA) is 56.7 Å². The third kappa shape index (κ3) is 1.35. The summed E-state index contributed by atoms with van der Waals surface area (Å²) in [5, 5.41) is 0. The van der Waals surface area contributed by atoms with Crippen LogP contribution in [0.25, 0.3) is 5.82 Å². The Labute approximate surface area is 82.4 Å². The summed E-state index contributed by atoms with van der Waals surface area (Å²) < 4.78 is 1.92. The van der Waals surface area contributed by atoms with Crippen molar-refractivity contribution in [3.8, 4) is 5.82 Å². The molecule has 0 bridgehead atoms. The van der Waals surface area contributed by atoms with Crippen LogP contribution in [0.15, 0.2) is 24.7 Å². The van der Waals surface area contributed by atoms with Gasteiger partial charge in [0, 0.05) is 23.6 Å². The number of pyridine rings is 1. The van der Waals surface area contributed by atoms with Gasteiger partial charge in [-0.25, -0.2) is 9.97 Å². The molecular weight excluding hydrogens is 176 g/mol. The van der Waals surface area contributed by atoms with E-state index in [1.165, 1.54) is 0 Å². The lowest BCUT2D eigenvalue weighted by Crippen LogP contribution is -1.99. The number of hydrogen-bond donors (Lipinski definition) is 1. The van der Waals surface area contributed by atoms with Crippen LogP contribution in [-0.4, -0.2) is 14.5 Å². The first-order valence-electron chi connectivity index (χ1n) is 4.41. The van der Waals surface area contributed by atoms with Crippen molar-refractivity contribution in [2.45, 2.75) is 13.8 Å². The van der Waals surface area contributed by atoms with E-state index in [1.807, 2.05) is 24.5 Å². The van der Waals surface area contributed by atoms with Gasteiger partial charge in [0.1, 0.15) is 12.1 Å². The van der Waals surface area contributed by atoms with Crippen LogP contribution < -0.4 is 5.73 Å². The van der Waals surface area contributed by atoms with E-state index in [2.05, 4.69) is 9.97 Å². The number of imidazole rings is 1. The maximum Gasteiger partial charge on any atom is 0.140 e. The fraction of sp³-hybridized carbons (Fsp3) is 0.200. The van der Waals surface area contributed by atoms with Crippen molar-refractivity contribution in [3.05, 3.63) is 36.0 Å². The Morgan fingerprint density at radius 2 is 2.07 bits per heavy atom. The molecule has 0 aromatic carbocycles. The number of aryl methyl sites for hydroxylation is 1. The minimum Gasteiger partial charge on any atom is -0.399 e. The number of aromatic nitrogens is 3. The van der Waals surface area contributed by atoms with Gasteiger partial charge in [0.2, 0.25) is 0 Å². The van der Waals surface area contributed by atoms with Crippen LogP contribution in [0, 0.1) is 13.8 Å². The zero-order valence-corrected chi connectivity index (χ0v) is 8.23. The summed E-state index contributed by atoms with van der Waals surface area (Å²) in [7, 11) is 0. The molecule has 2 rings (SSSR count). The van der Waals surface area contributed by atoms with Crippen LogP contribution in [0.5, 0.6) is 0 Å². The molecule has 0 fully saturated rings. The Morgan fingerprint density at radius 3 is 2.64 bits per heavy atom. The molecule has 0 saturated heterocycles. The molecular formula is C10H12N4. The predicted octanol–water partition coefficient (Wildman–Crippen LogP) is 1.47. The number of nitrogens with zero attached hydrogens (tertiary/aromatic N) is 3. The lowest BCUT2D eigenvalue weighted by molar-refractivity contribution is 0.951. The predicted molar refractivity (Wildman–Crippen MR) is 55.2 cm³/mol. The maximum absolute atomic E-state index is 5.68. The summed E-state index contributed by atoms with van der Waals surface area (Å²) in [6.07, 6.45) is 3.45. The molecule has 0 radical (unpaired) electrons. The molecule has 0 aliphatic carbocycles. The van der Waals surface area contributed by atoms with Crippen molar-refractivity contribution >= 4 is 5.69 Å². The van der Waals surface area contributed by atoms with E-state index in [1.54, 1.807) is 18.6 Å². The first-order chi connectivity index (χ1) is 6.68. The summed E-state index contributed by atoms with van der Waals surface area (Å²) >= 11 is 0. The van der Waals surface area contributed by atoms with E-state index in [0.717, 1.165) is 17.2 Å². The third-order valence-electron chi connectivity index (χ3n) is 2.27. The van der Waals surface area contributed by atoms with Crippen molar-refractivity contribution in [1.29, 1.82) is 0 Å². The SMILES string of the molecule is Cc1ncn(-c2cc(N)ccn2)c1C. The average molecular weight is 188 g/mol. The second-order valence-electron chi connectivity index (χ2n) is 3.23. The Kier molecular flexibility index (Phi) is 1.96. The molecule has 0 atom stereocenters. The molecule has 14 heavy (non-hydrogen) atoms. The number of hydrogen-bond acceptors (Lipinski definition) is 3. The molecule has 0 saturated carbocycles. The quantitative estimate of drug-likeness (QED) is 0.737. The van der Waals surface area contributed by atoms with Crippen molar-refractivity contribution in [2.24, 2.45) is 0 Å². The van der Waals surface area contributed by atoms with Gasteiger partial charge in [-0.3, -0.25) is 4.57 Å². The molecule has 0 aliphatic heterocycles. The molecule has 4 heteroatoms. The highest BCUT2D eigenvalue weighted by Crippen LogP contribution is 2.13. The van der Waals surface area contributed by atoms with Gasteiger partial charge in [0.25, 0.3) is 0 Å². The van der Waals surface area contributed by atoms with Gasteiger partial charge < -0.3 is 5.73 Å². The molecule has 0 unspecified atom stereocenters. The van der Waals surface area contributed by atoms with E-state index in [9.17, 15) is 0 Å². The van der Waals surface area contributed by atoms with Crippen molar-refractivity contribution in [1.82, 2.24) is 14.5 Å². The Morgan fingerprint density at radius 1 is 1.29 bits per heavy atom. The summed E-state index contributed by atoms with van der Waals surface area (Å²) in [5.41, 5.74) is 8.48. The fourth-order valence-corrected chi connectivity index (χ4v) is 1.30. The second-order valence-corrected chi connectivity index (χ2v) is 3.23. The highest BCUT2D eigenvalue weighted by atomic mass is 15.1. The second kappa shape index (κ2) is 3.14. The van der Waals surface area contributed by atoms with Crippen LogP contribution in [0.4, 0.5) is 5.69 Å². The number of anilines is 1. The molecule has 72 valence electrons. The zero-order chi connectivity index (χ0) is 10.1. The van der Waals surface area contributed by atoms with Crippen molar-refractivity contribution in [3.63, 3.8) is 0 Å². The van der Waals surface area contributed by atoms with Gasteiger partial charge >= 0.3 is 0 Å². The van der Waals surface area contributed by atoms with Gasteiger partial charge in [-0.1, -0.05) is 0 Å². The normalized spacial score (nSPS) is 10.4. The largest absolute Gasteiger partial charge is 0.399 e. The molecule has 2 aromatic rings. The van der Waals surface area contributed by atoms with E-state index < -0.39 is 0 Å². The Hall–Kier alpha value is -1.84. The summed E-state index contributed by atoms with van der Waals surface area (Å²) in [6.45, 7) is 3.98. The first kappa shape index (κ1) is 8.74. The van der Waals surface area contributed by atoms with E-state index in [-0.39, 0.29) is 0 Å². The lowest BCUT2D eigenvalue weighted by Gasteiger charge is -2.04. The van der Waals surface area contributed by atoms with Crippen molar-refractivity contribution < 1.29 is 0 Å². The average Bonchev–Trinajstić information content (AvgIpc) is 2.48. The van der Waals surface area contributed by atoms with Gasteiger partial charge in [0.05, 0.1) is 5.69 Å². The molecule has 4 nitrogen and oxygen atoms in total. The smallest absolute Gasteiger partial charge is 0.140 e. The van der Waals surface area contributed by atoms with Crippen LogP contribution in [0.2, 0.25) is 0 Å². The fourth-order valence-electron chi connectivity index (χ4n) is 1.30. The number of nitrogen functional groups attached to an aromatic ring is 1. The Bertz CT molecular complexity index is 459. The lowest BCUT2D eigenvalue weighted by atomic mass is 10.3. The number of rotatable bonds is 1. The highest BCUT2D eigenvalue weighted by molar-refractivity contribution is 5.43. The first-order valence-corrected chi connectivity index (χ1v) is 4.41. The van der Waals surface area contributed by atoms with Gasteiger partial charge in [-0.05, 0) is 19.9 Å². The van der Waals surface area contributed by atoms with Crippen LogP contribution in [-0.2, 0) is 0 Å².